The first kappa shape index (κ1) is 16.6. The molecule has 0 radical (unpaired) electrons. The van der Waals surface area contributed by atoms with E-state index in [2.05, 4.69) is 4.98 Å². The number of nitrogens with zero attached hydrogens (tertiary/aromatic N) is 1. The average molecular weight is 368 g/mol. The van der Waals surface area contributed by atoms with Crippen LogP contribution in [0, 0.1) is 5.82 Å². The first-order valence-corrected chi connectivity index (χ1v) is 8.52. The van der Waals surface area contributed by atoms with Gasteiger partial charge in [-0.05, 0) is 29.7 Å². The highest BCUT2D eigenvalue weighted by molar-refractivity contribution is 7.85. The molecule has 0 bridgehead atoms. The molecule has 0 unspecified atom stereocenters. The van der Waals surface area contributed by atoms with E-state index in [0.29, 0.717) is 22.0 Å². The number of hydrogen-bond acceptors (Lipinski definition) is 4. The van der Waals surface area contributed by atoms with Crippen molar-refractivity contribution in [3.05, 3.63) is 53.4 Å². The van der Waals surface area contributed by atoms with E-state index in [0.717, 1.165) is 6.07 Å². The minimum atomic E-state index is -4.31. The molecule has 0 saturated heterocycles. The van der Waals surface area contributed by atoms with E-state index in [-0.39, 0.29) is 15.7 Å². The van der Waals surface area contributed by atoms with Crippen LogP contribution < -0.4 is 4.74 Å². The highest BCUT2D eigenvalue weighted by Crippen LogP contribution is 2.37. The van der Waals surface area contributed by atoms with Gasteiger partial charge in [0.2, 0.25) is 0 Å². The van der Waals surface area contributed by atoms with Crippen LogP contribution in [0.5, 0.6) is 5.75 Å². The molecule has 5 nitrogen and oxygen atoms in total. The van der Waals surface area contributed by atoms with Crippen molar-refractivity contribution in [2.24, 2.45) is 0 Å². The zero-order chi connectivity index (χ0) is 17.5. The molecule has 3 rings (SSSR count). The van der Waals surface area contributed by atoms with Gasteiger partial charge in [-0.15, -0.1) is 0 Å². The summed E-state index contributed by atoms with van der Waals surface area (Å²) in [5, 5.41) is 1.06. The van der Waals surface area contributed by atoms with Gasteiger partial charge in [0, 0.05) is 23.2 Å². The van der Waals surface area contributed by atoms with Crippen LogP contribution in [0.25, 0.3) is 22.0 Å². The van der Waals surface area contributed by atoms with Crippen LogP contribution in [-0.4, -0.2) is 25.1 Å². The maximum atomic E-state index is 13.6. The number of fused-ring (bicyclic) bond motifs is 1. The van der Waals surface area contributed by atoms with E-state index in [4.69, 9.17) is 20.9 Å². The molecule has 0 aliphatic rings. The number of halogens is 2. The Labute approximate surface area is 142 Å². The van der Waals surface area contributed by atoms with Gasteiger partial charge in [0.05, 0.1) is 22.7 Å². The first-order chi connectivity index (χ1) is 11.3. The maximum absolute atomic E-state index is 13.6. The van der Waals surface area contributed by atoms with E-state index < -0.39 is 15.9 Å². The Morgan fingerprint density at radius 3 is 2.62 bits per heavy atom. The van der Waals surface area contributed by atoms with E-state index in [1.54, 1.807) is 6.07 Å². The van der Waals surface area contributed by atoms with Crippen molar-refractivity contribution < 1.29 is 22.1 Å². The summed E-state index contributed by atoms with van der Waals surface area (Å²) in [5.74, 6) is -0.373. The first-order valence-electron chi connectivity index (χ1n) is 6.71. The van der Waals surface area contributed by atoms with Crippen LogP contribution in [-0.2, 0) is 10.1 Å². The molecule has 124 valence electrons. The molecule has 0 saturated carbocycles. The van der Waals surface area contributed by atoms with Crippen molar-refractivity contribution in [3.8, 4) is 17.0 Å². The lowest BCUT2D eigenvalue weighted by Gasteiger charge is -2.12. The normalized spacial score (nSPS) is 11.7. The predicted molar refractivity (Wildman–Crippen MR) is 88.5 cm³/mol. The summed E-state index contributed by atoms with van der Waals surface area (Å²) in [6.45, 7) is 0. The SMILES string of the molecule is COc1cc(F)c(Cl)cc1-c1nccc2cc(S(=O)(=O)O)ccc12. The Hall–Kier alpha value is -2.22. The molecule has 0 fully saturated rings. The smallest absolute Gasteiger partial charge is 0.294 e. The second-order valence-corrected chi connectivity index (χ2v) is 6.81. The quantitative estimate of drug-likeness (QED) is 0.709. The molecule has 0 aliphatic carbocycles. The molecule has 8 heteroatoms. The number of rotatable bonds is 3. The van der Waals surface area contributed by atoms with Gasteiger partial charge < -0.3 is 4.74 Å². The van der Waals surface area contributed by atoms with Crippen LogP contribution >= 0.6 is 11.6 Å². The van der Waals surface area contributed by atoms with Gasteiger partial charge in [0.15, 0.2) is 0 Å². The predicted octanol–water partition coefficient (Wildman–Crippen LogP) is 3.95. The fraction of sp³-hybridized carbons (Fsp3) is 0.0625. The Morgan fingerprint density at radius 2 is 1.96 bits per heavy atom. The molecule has 0 atom stereocenters. The summed E-state index contributed by atoms with van der Waals surface area (Å²) < 4.78 is 50.5. The van der Waals surface area contributed by atoms with Gasteiger partial charge in [-0.25, -0.2) is 4.39 Å². The lowest BCUT2D eigenvalue weighted by Crippen LogP contribution is -1.98. The Morgan fingerprint density at radius 1 is 1.21 bits per heavy atom. The van der Waals surface area contributed by atoms with Gasteiger partial charge in [-0.2, -0.15) is 8.42 Å². The van der Waals surface area contributed by atoms with Crippen molar-refractivity contribution in [1.82, 2.24) is 4.98 Å². The maximum Gasteiger partial charge on any atom is 0.294 e. The number of aromatic nitrogens is 1. The minimum absolute atomic E-state index is 0.0841. The summed E-state index contributed by atoms with van der Waals surface area (Å²) in [4.78, 5) is 4.05. The minimum Gasteiger partial charge on any atom is -0.496 e. The molecule has 1 aromatic heterocycles. The standard InChI is InChI=1S/C16H11ClFNO4S/c1-23-15-8-14(18)13(17)7-12(15)16-11-3-2-10(24(20,21)22)6-9(11)4-5-19-16/h2-8H,1H3,(H,20,21,22). The number of hydrogen-bond donors (Lipinski definition) is 1. The topological polar surface area (TPSA) is 76.5 Å². The molecule has 2 aromatic carbocycles. The lowest BCUT2D eigenvalue weighted by atomic mass is 10.0. The molecule has 3 aromatic rings. The van der Waals surface area contributed by atoms with Crippen LogP contribution in [0.15, 0.2) is 47.5 Å². The molecule has 0 amide bonds. The summed E-state index contributed by atoms with van der Waals surface area (Å²) in [6.07, 6.45) is 1.47. The Bertz CT molecular complexity index is 1050. The molecular formula is C16H11ClFNO4S. The third-order valence-corrected chi connectivity index (χ3v) is 4.67. The number of pyridine rings is 1. The van der Waals surface area contributed by atoms with Gasteiger partial charge in [-0.1, -0.05) is 17.7 Å². The van der Waals surface area contributed by atoms with Crippen LogP contribution in [0.3, 0.4) is 0 Å². The van der Waals surface area contributed by atoms with Crippen molar-refractivity contribution in [2.75, 3.05) is 7.11 Å². The highest BCUT2D eigenvalue weighted by Gasteiger charge is 2.16. The monoisotopic (exact) mass is 367 g/mol. The second-order valence-electron chi connectivity index (χ2n) is 4.98. The summed E-state index contributed by atoms with van der Waals surface area (Å²) in [6, 6.07) is 8.26. The summed E-state index contributed by atoms with van der Waals surface area (Å²) in [5.41, 5.74) is 0.919. The number of ether oxygens (including phenoxy) is 1. The third kappa shape index (κ3) is 2.93. The van der Waals surface area contributed by atoms with E-state index >= 15 is 0 Å². The van der Waals surface area contributed by atoms with Gasteiger partial charge in [0.1, 0.15) is 11.6 Å². The van der Waals surface area contributed by atoms with Crippen molar-refractivity contribution in [3.63, 3.8) is 0 Å². The zero-order valence-electron chi connectivity index (χ0n) is 12.3. The molecular weight excluding hydrogens is 357 g/mol. The molecule has 1 N–H and O–H groups in total. The largest absolute Gasteiger partial charge is 0.496 e. The van der Waals surface area contributed by atoms with Crippen LogP contribution in [0.4, 0.5) is 4.39 Å². The van der Waals surface area contributed by atoms with Gasteiger partial charge in [0.25, 0.3) is 10.1 Å². The fourth-order valence-electron chi connectivity index (χ4n) is 2.41. The number of benzene rings is 2. The van der Waals surface area contributed by atoms with Crippen molar-refractivity contribution >= 4 is 32.5 Å². The Kier molecular flexibility index (Phi) is 4.16. The highest BCUT2D eigenvalue weighted by atomic mass is 35.5. The van der Waals surface area contributed by atoms with Gasteiger partial charge >= 0.3 is 0 Å². The third-order valence-electron chi connectivity index (χ3n) is 3.53. The Balaban J connectivity index is 2.30. The summed E-state index contributed by atoms with van der Waals surface area (Å²) in [7, 11) is -2.92. The fourth-order valence-corrected chi connectivity index (χ4v) is 3.09. The van der Waals surface area contributed by atoms with Gasteiger partial charge in [-0.3, -0.25) is 9.54 Å². The second kappa shape index (κ2) is 6.01. The average Bonchev–Trinajstić information content (AvgIpc) is 2.55. The number of methoxy groups -OCH3 is 1. The van der Waals surface area contributed by atoms with E-state index in [1.165, 1.54) is 37.6 Å². The van der Waals surface area contributed by atoms with E-state index in [9.17, 15) is 12.8 Å². The lowest BCUT2D eigenvalue weighted by molar-refractivity contribution is 0.413. The molecule has 1 heterocycles. The summed E-state index contributed by atoms with van der Waals surface area (Å²) >= 11 is 5.86. The molecule has 24 heavy (non-hydrogen) atoms. The molecule has 0 spiro atoms. The van der Waals surface area contributed by atoms with Crippen molar-refractivity contribution in [2.45, 2.75) is 4.90 Å². The van der Waals surface area contributed by atoms with Crippen LogP contribution in [0.2, 0.25) is 5.02 Å². The van der Waals surface area contributed by atoms with E-state index in [1.807, 2.05) is 0 Å². The molecule has 0 aliphatic heterocycles. The van der Waals surface area contributed by atoms with Crippen molar-refractivity contribution in [1.29, 1.82) is 0 Å². The van der Waals surface area contributed by atoms with Crippen LogP contribution in [0.1, 0.15) is 0 Å². The zero-order valence-corrected chi connectivity index (χ0v) is 13.9.